The van der Waals surface area contributed by atoms with Gasteiger partial charge in [-0.25, -0.2) is 4.39 Å². The summed E-state index contributed by atoms with van der Waals surface area (Å²) < 4.78 is 13.0. The molecule has 19 heavy (non-hydrogen) atoms. The van der Waals surface area contributed by atoms with Crippen molar-refractivity contribution in [2.24, 2.45) is 0 Å². The van der Waals surface area contributed by atoms with E-state index in [9.17, 15) is 14.0 Å². The molecule has 7 heteroatoms. The van der Waals surface area contributed by atoms with Crippen molar-refractivity contribution in [1.82, 2.24) is 10.4 Å². The number of benzene rings is 1. The predicted molar refractivity (Wildman–Crippen MR) is 75.2 cm³/mol. The van der Waals surface area contributed by atoms with Gasteiger partial charge in [0.15, 0.2) is 4.32 Å². The fraction of sp³-hybridized carbons (Fsp3) is 0.0833. The molecule has 0 atom stereocenters. The van der Waals surface area contributed by atoms with Gasteiger partial charge in [0.1, 0.15) is 5.82 Å². The molecule has 0 unspecified atom stereocenters. The molecule has 0 aromatic heterocycles. The molecule has 0 saturated carbocycles. The Labute approximate surface area is 118 Å². The number of carbonyl (C=O) groups excluding carboxylic acids is 2. The number of thiocarbonyl (C=S) groups is 1. The van der Waals surface area contributed by atoms with Crippen LogP contribution >= 0.6 is 24.0 Å². The van der Waals surface area contributed by atoms with Gasteiger partial charge in [-0.15, -0.1) is 0 Å². The zero-order valence-electron chi connectivity index (χ0n) is 9.84. The molecule has 0 bridgehead atoms. The monoisotopic (exact) mass is 296 g/mol. The minimum Gasteiger partial charge on any atom is -0.274 e. The van der Waals surface area contributed by atoms with Gasteiger partial charge in [0.25, 0.3) is 5.91 Å². The number of hydrogen-bond acceptors (Lipinski definition) is 4. The lowest BCUT2D eigenvalue weighted by Gasteiger charge is -2.13. The fourth-order valence-corrected chi connectivity index (χ4v) is 2.61. The Morgan fingerprint density at radius 2 is 2.05 bits per heavy atom. The first-order chi connectivity index (χ1) is 8.97. The van der Waals surface area contributed by atoms with Crippen LogP contribution in [0.1, 0.15) is 12.5 Å². The number of hydrogen-bond donors (Lipinski definition) is 1. The zero-order valence-corrected chi connectivity index (χ0v) is 11.5. The molecule has 1 heterocycles. The first kappa shape index (κ1) is 13.7. The molecular formula is C12H9FN2O2S2. The third-order valence-corrected chi connectivity index (χ3v) is 3.53. The lowest BCUT2D eigenvalue weighted by atomic mass is 10.2. The molecule has 1 aliphatic heterocycles. The Kier molecular flexibility index (Phi) is 3.96. The van der Waals surface area contributed by atoms with E-state index in [2.05, 4.69) is 5.43 Å². The van der Waals surface area contributed by atoms with Crippen molar-refractivity contribution in [2.45, 2.75) is 6.92 Å². The molecule has 0 spiro atoms. The molecule has 4 nitrogen and oxygen atoms in total. The van der Waals surface area contributed by atoms with Crippen LogP contribution in [0.3, 0.4) is 0 Å². The highest BCUT2D eigenvalue weighted by Gasteiger charge is 2.32. The van der Waals surface area contributed by atoms with Crippen LogP contribution in [0.2, 0.25) is 0 Å². The molecule has 2 amide bonds. The predicted octanol–water partition coefficient (Wildman–Crippen LogP) is 2.08. The van der Waals surface area contributed by atoms with E-state index in [1.807, 2.05) is 0 Å². The second-order valence-electron chi connectivity index (χ2n) is 3.74. The van der Waals surface area contributed by atoms with Gasteiger partial charge in [0.05, 0.1) is 4.91 Å². The summed E-state index contributed by atoms with van der Waals surface area (Å²) in [4.78, 5) is 23.3. The van der Waals surface area contributed by atoms with E-state index in [0.29, 0.717) is 10.5 Å². The second kappa shape index (κ2) is 5.50. The quantitative estimate of drug-likeness (QED) is 0.670. The minimum absolute atomic E-state index is 0.258. The summed E-state index contributed by atoms with van der Waals surface area (Å²) in [6, 6.07) is 5.72. The van der Waals surface area contributed by atoms with Gasteiger partial charge in [0, 0.05) is 6.92 Å². The van der Waals surface area contributed by atoms with Crippen molar-refractivity contribution in [3.8, 4) is 0 Å². The molecule has 1 aromatic rings. The SMILES string of the molecule is CC(=O)NN1C(=O)/C(=C/c2ccc(F)cc2)SC1=S. The van der Waals surface area contributed by atoms with E-state index >= 15 is 0 Å². The van der Waals surface area contributed by atoms with E-state index < -0.39 is 5.91 Å². The highest BCUT2D eigenvalue weighted by Crippen LogP contribution is 2.31. The normalized spacial score (nSPS) is 17.2. The molecule has 98 valence electrons. The third-order valence-electron chi connectivity index (χ3n) is 2.23. The number of carbonyl (C=O) groups is 2. The van der Waals surface area contributed by atoms with Crippen LogP contribution in [0.15, 0.2) is 29.2 Å². The molecule has 2 rings (SSSR count). The van der Waals surface area contributed by atoms with E-state index in [1.165, 1.54) is 19.1 Å². The van der Waals surface area contributed by atoms with Crippen molar-refractivity contribution < 1.29 is 14.0 Å². The van der Waals surface area contributed by atoms with E-state index in [0.717, 1.165) is 16.8 Å². The summed E-state index contributed by atoms with van der Waals surface area (Å²) in [5.74, 6) is -1.11. The summed E-state index contributed by atoms with van der Waals surface area (Å²) in [6.07, 6.45) is 1.60. The van der Waals surface area contributed by atoms with Gasteiger partial charge >= 0.3 is 0 Å². The molecule has 1 fully saturated rings. The summed E-state index contributed by atoms with van der Waals surface area (Å²) in [7, 11) is 0. The minimum atomic E-state index is -0.394. The van der Waals surface area contributed by atoms with Gasteiger partial charge in [-0.2, -0.15) is 5.01 Å². The highest BCUT2D eigenvalue weighted by molar-refractivity contribution is 8.26. The lowest BCUT2D eigenvalue weighted by Crippen LogP contribution is -2.43. The number of halogens is 1. The molecule has 0 aliphatic carbocycles. The summed E-state index contributed by atoms with van der Waals surface area (Å²) >= 11 is 6.09. The van der Waals surface area contributed by atoms with Crippen LogP contribution in [0, 0.1) is 5.82 Å². The van der Waals surface area contributed by atoms with Crippen LogP contribution < -0.4 is 5.43 Å². The van der Waals surface area contributed by atoms with Crippen molar-refractivity contribution in [3.63, 3.8) is 0 Å². The van der Waals surface area contributed by atoms with Gasteiger partial charge in [-0.3, -0.25) is 15.0 Å². The average Bonchev–Trinajstić information content (AvgIpc) is 2.60. The molecule has 1 saturated heterocycles. The van der Waals surface area contributed by atoms with Gasteiger partial charge in [0.2, 0.25) is 5.91 Å². The first-order valence-electron chi connectivity index (χ1n) is 5.28. The van der Waals surface area contributed by atoms with Crippen LogP contribution in [0.4, 0.5) is 4.39 Å². The van der Waals surface area contributed by atoms with E-state index in [-0.39, 0.29) is 16.0 Å². The Hall–Kier alpha value is -1.73. The summed E-state index contributed by atoms with van der Waals surface area (Å²) in [5, 5.41) is 1.03. The number of hydrazine groups is 1. The number of amides is 2. The lowest BCUT2D eigenvalue weighted by molar-refractivity contribution is -0.131. The molecule has 1 N–H and O–H groups in total. The maximum absolute atomic E-state index is 12.8. The maximum atomic E-state index is 12.8. The third kappa shape index (κ3) is 3.18. The Morgan fingerprint density at radius 1 is 1.42 bits per heavy atom. The van der Waals surface area contributed by atoms with Crippen LogP contribution in [-0.4, -0.2) is 21.1 Å². The standard InChI is InChI=1S/C12H9FN2O2S2/c1-7(16)14-15-11(17)10(19-12(15)18)6-8-2-4-9(13)5-3-8/h2-6H,1H3,(H,14,16)/b10-6-. The van der Waals surface area contributed by atoms with Crippen LogP contribution in [0.5, 0.6) is 0 Å². The Bertz CT molecular complexity index is 584. The molecular weight excluding hydrogens is 287 g/mol. The van der Waals surface area contributed by atoms with Crippen molar-refractivity contribution in [1.29, 1.82) is 0 Å². The van der Waals surface area contributed by atoms with Crippen molar-refractivity contribution in [2.75, 3.05) is 0 Å². The topological polar surface area (TPSA) is 49.4 Å². The largest absolute Gasteiger partial charge is 0.285 e. The highest BCUT2D eigenvalue weighted by atomic mass is 32.2. The number of rotatable bonds is 2. The van der Waals surface area contributed by atoms with Crippen molar-refractivity contribution >= 4 is 46.2 Å². The summed E-state index contributed by atoms with van der Waals surface area (Å²) in [5.41, 5.74) is 3.03. The number of nitrogens with one attached hydrogen (secondary N) is 1. The van der Waals surface area contributed by atoms with Gasteiger partial charge < -0.3 is 0 Å². The maximum Gasteiger partial charge on any atom is 0.285 e. The van der Waals surface area contributed by atoms with Gasteiger partial charge in [-0.05, 0) is 36.0 Å². The molecule has 1 aromatic carbocycles. The van der Waals surface area contributed by atoms with Crippen LogP contribution in [0.25, 0.3) is 6.08 Å². The Morgan fingerprint density at radius 3 is 2.63 bits per heavy atom. The van der Waals surface area contributed by atoms with Crippen LogP contribution in [-0.2, 0) is 9.59 Å². The van der Waals surface area contributed by atoms with E-state index in [4.69, 9.17) is 12.2 Å². The molecule has 1 aliphatic rings. The first-order valence-corrected chi connectivity index (χ1v) is 6.50. The summed E-state index contributed by atoms with van der Waals surface area (Å²) in [6.45, 7) is 1.29. The van der Waals surface area contributed by atoms with Crippen molar-refractivity contribution in [3.05, 3.63) is 40.6 Å². The van der Waals surface area contributed by atoms with Gasteiger partial charge in [-0.1, -0.05) is 23.9 Å². The smallest absolute Gasteiger partial charge is 0.274 e. The zero-order chi connectivity index (χ0) is 14.0. The second-order valence-corrected chi connectivity index (χ2v) is 5.41. The fourth-order valence-electron chi connectivity index (χ4n) is 1.43. The number of nitrogens with zero attached hydrogens (tertiary/aromatic N) is 1. The average molecular weight is 296 g/mol. The number of thioether (sulfide) groups is 1. The Balaban J connectivity index is 2.23. The van der Waals surface area contributed by atoms with E-state index in [1.54, 1.807) is 18.2 Å². The molecule has 0 radical (unpaired) electrons.